The molecule has 2 heterocycles. The maximum Gasteiger partial charge on any atom is 0.410 e. The summed E-state index contributed by atoms with van der Waals surface area (Å²) in [6.07, 6.45) is 0.977. The van der Waals surface area contributed by atoms with Crippen LogP contribution in [0.2, 0.25) is 0 Å². The number of hydrogen-bond donors (Lipinski definition) is 1. The molecule has 2 aliphatic rings. The van der Waals surface area contributed by atoms with Crippen LogP contribution >= 0.6 is 0 Å². The van der Waals surface area contributed by atoms with Crippen LogP contribution in [-0.4, -0.2) is 42.3 Å². The van der Waals surface area contributed by atoms with E-state index in [0.29, 0.717) is 12.0 Å². The molecule has 4 heteroatoms. The summed E-state index contributed by atoms with van der Waals surface area (Å²) >= 11 is 0. The van der Waals surface area contributed by atoms with Gasteiger partial charge >= 0.3 is 6.09 Å². The van der Waals surface area contributed by atoms with Crippen LogP contribution in [0, 0.1) is 5.92 Å². The lowest BCUT2D eigenvalue weighted by atomic mass is 10.0. The highest BCUT2D eigenvalue weighted by molar-refractivity contribution is 5.69. The van der Waals surface area contributed by atoms with Gasteiger partial charge in [-0.15, -0.1) is 0 Å². The topological polar surface area (TPSA) is 41.6 Å². The molecule has 1 amide bonds. The molecule has 15 heavy (non-hydrogen) atoms. The molecule has 0 saturated carbocycles. The van der Waals surface area contributed by atoms with E-state index in [9.17, 15) is 4.79 Å². The minimum atomic E-state index is -0.388. The van der Waals surface area contributed by atoms with Gasteiger partial charge in [-0.3, -0.25) is 0 Å². The third-order valence-corrected chi connectivity index (χ3v) is 2.94. The van der Waals surface area contributed by atoms with E-state index in [0.717, 1.165) is 26.1 Å². The molecule has 0 aliphatic carbocycles. The quantitative estimate of drug-likeness (QED) is 0.656. The number of nitrogens with zero attached hydrogens (tertiary/aromatic N) is 1. The van der Waals surface area contributed by atoms with Crippen molar-refractivity contribution in [1.29, 1.82) is 0 Å². The molecular formula is C11H20N2O2. The number of amides is 1. The highest BCUT2D eigenvalue weighted by Gasteiger charge is 2.39. The molecule has 2 aliphatic heterocycles. The van der Waals surface area contributed by atoms with Crippen molar-refractivity contribution >= 4 is 6.09 Å². The minimum absolute atomic E-state index is 0.154. The van der Waals surface area contributed by atoms with Gasteiger partial charge < -0.3 is 15.0 Å². The van der Waals surface area contributed by atoms with Gasteiger partial charge in [-0.2, -0.15) is 0 Å². The van der Waals surface area contributed by atoms with Crippen LogP contribution in [0.1, 0.15) is 27.2 Å². The third-order valence-electron chi connectivity index (χ3n) is 2.94. The van der Waals surface area contributed by atoms with Crippen molar-refractivity contribution in [2.75, 3.05) is 19.6 Å². The standard InChI is InChI=1S/C11H20N2O2/c1-11(2,3)15-10(14)13-7-8-4-9(13)6-12-5-8/h8-9,12H,4-7H2,1-3H3/t8-,9+/m0/s1. The Balaban J connectivity index is 1.96. The molecule has 0 aromatic rings. The maximum absolute atomic E-state index is 11.9. The van der Waals surface area contributed by atoms with Crippen LogP contribution in [0.15, 0.2) is 0 Å². The van der Waals surface area contributed by atoms with Crippen molar-refractivity contribution in [3.63, 3.8) is 0 Å². The Morgan fingerprint density at radius 1 is 1.40 bits per heavy atom. The van der Waals surface area contributed by atoms with Gasteiger partial charge in [0.05, 0.1) is 0 Å². The van der Waals surface area contributed by atoms with Gasteiger partial charge in [0, 0.05) is 19.1 Å². The first-order chi connectivity index (χ1) is 6.96. The molecule has 0 radical (unpaired) electrons. The van der Waals surface area contributed by atoms with Gasteiger partial charge in [0.25, 0.3) is 0 Å². The van der Waals surface area contributed by atoms with Gasteiger partial charge in [0.1, 0.15) is 5.60 Å². The number of carbonyl (C=O) groups is 1. The van der Waals surface area contributed by atoms with E-state index in [-0.39, 0.29) is 11.7 Å². The number of ether oxygens (including phenoxy) is 1. The predicted octanol–water partition coefficient (Wildman–Crippen LogP) is 1.22. The Morgan fingerprint density at radius 3 is 2.73 bits per heavy atom. The minimum Gasteiger partial charge on any atom is -0.444 e. The van der Waals surface area contributed by atoms with Crippen molar-refractivity contribution in [3.05, 3.63) is 0 Å². The van der Waals surface area contributed by atoms with Crippen molar-refractivity contribution in [1.82, 2.24) is 10.2 Å². The zero-order valence-electron chi connectivity index (χ0n) is 9.75. The molecule has 2 rings (SSSR count). The summed E-state index contributed by atoms with van der Waals surface area (Å²) in [5.41, 5.74) is -0.388. The average molecular weight is 212 g/mol. The van der Waals surface area contributed by atoms with Crippen LogP contribution in [0.5, 0.6) is 0 Å². The van der Waals surface area contributed by atoms with Crippen molar-refractivity contribution in [2.24, 2.45) is 5.92 Å². The fourth-order valence-corrected chi connectivity index (χ4v) is 2.35. The van der Waals surface area contributed by atoms with E-state index in [1.807, 2.05) is 25.7 Å². The Morgan fingerprint density at radius 2 is 2.13 bits per heavy atom. The first-order valence-electron chi connectivity index (χ1n) is 5.66. The molecule has 2 atom stereocenters. The first kappa shape index (κ1) is 10.7. The molecule has 86 valence electrons. The second-order valence-corrected chi connectivity index (χ2v) is 5.55. The normalized spacial score (nSPS) is 30.5. The van der Waals surface area contributed by atoms with Crippen molar-refractivity contribution in [2.45, 2.75) is 38.8 Å². The van der Waals surface area contributed by atoms with Gasteiger partial charge in [0.15, 0.2) is 0 Å². The highest BCUT2D eigenvalue weighted by atomic mass is 16.6. The second-order valence-electron chi connectivity index (χ2n) is 5.55. The van der Waals surface area contributed by atoms with Crippen LogP contribution in [-0.2, 0) is 4.74 Å². The summed E-state index contributed by atoms with van der Waals surface area (Å²) in [4.78, 5) is 13.8. The lowest BCUT2D eigenvalue weighted by molar-refractivity contribution is 0.0231. The summed E-state index contributed by atoms with van der Waals surface area (Å²) in [7, 11) is 0. The van der Waals surface area contributed by atoms with Gasteiger partial charge in [-0.25, -0.2) is 4.79 Å². The summed E-state index contributed by atoms with van der Waals surface area (Å²) in [5.74, 6) is 0.622. The molecule has 2 fully saturated rings. The summed E-state index contributed by atoms with van der Waals surface area (Å²) in [6, 6.07) is 0.346. The van der Waals surface area contributed by atoms with Gasteiger partial charge in [-0.1, -0.05) is 0 Å². The third kappa shape index (κ3) is 2.43. The molecule has 2 bridgehead atoms. The number of piperidine rings is 1. The lowest BCUT2D eigenvalue weighted by Gasteiger charge is -2.28. The van der Waals surface area contributed by atoms with E-state index in [1.54, 1.807) is 0 Å². The van der Waals surface area contributed by atoms with Crippen LogP contribution < -0.4 is 5.32 Å². The van der Waals surface area contributed by atoms with E-state index < -0.39 is 0 Å². The smallest absolute Gasteiger partial charge is 0.410 e. The Bertz CT molecular complexity index is 260. The molecule has 0 aromatic carbocycles. The van der Waals surface area contributed by atoms with E-state index in [2.05, 4.69) is 5.32 Å². The lowest BCUT2D eigenvalue weighted by Crippen LogP contribution is -2.43. The SMILES string of the molecule is CC(C)(C)OC(=O)N1C[C@@H]2CNC[C@H]1C2. The average Bonchev–Trinajstić information content (AvgIpc) is 2.38. The van der Waals surface area contributed by atoms with Gasteiger partial charge in [0.2, 0.25) is 0 Å². The fourth-order valence-electron chi connectivity index (χ4n) is 2.35. The number of rotatable bonds is 0. The Kier molecular flexibility index (Phi) is 2.63. The number of fused-ring (bicyclic) bond motifs is 2. The van der Waals surface area contributed by atoms with Crippen LogP contribution in [0.25, 0.3) is 0 Å². The zero-order chi connectivity index (χ0) is 11.1. The molecule has 0 unspecified atom stereocenters. The van der Waals surface area contributed by atoms with Crippen LogP contribution in [0.3, 0.4) is 0 Å². The summed E-state index contributed by atoms with van der Waals surface area (Å²) in [6.45, 7) is 8.53. The molecule has 4 nitrogen and oxygen atoms in total. The summed E-state index contributed by atoms with van der Waals surface area (Å²) < 4.78 is 5.39. The Hall–Kier alpha value is -0.770. The number of likely N-dealkylation sites (tertiary alicyclic amines) is 1. The second kappa shape index (κ2) is 3.67. The Labute approximate surface area is 91.0 Å². The highest BCUT2D eigenvalue weighted by Crippen LogP contribution is 2.27. The number of hydrogen-bond acceptors (Lipinski definition) is 3. The largest absolute Gasteiger partial charge is 0.444 e. The van der Waals surface area contributed by atoms with Crippen LogP contribution in [0.4, 0.5) is 4.79 Å². The van der Waals surface area contributed by atoms with Crippen molar-refractivity contribution in [3.8, 4) is 0 Å². The predicted molar refractivity (Wildman–Crippen MR) is 57.7 cm³/mol. The first-order valence-corrected chi connectivity index (χ1v) is 5.66. The number of nitrogens with one attached hydrogen (secondary N) is 1. The number of carbonyl (C=O) groups excluding carboxylic acids is 1. The maximum atomic E-state index is 11.9. The van der Waals surface area contributed by atoms with E-state index >= 15 is 0 Å². The summed E-state index contributed by atoms with van der Waals surface area (Å²) in [5, 5.41) is 3.35. The van der Waals surface area contributed by atoms with Gasteiger partial charge in [-0.05, 0) is 39.7 Å². The molecule has 0 spiro atoms. The zero-order valence-corrected chi connectivity index (χ0v) is 9.75. The molecular weight excluding hydrogens is 192 g/mol. The molecule has 0 aromatic heterocycles. The monoisotopic (exact) mass is 212 g/mol. The van der Waals surface area contributed by atoms with E-state index in [1.165, 1.54) is 0 Å². The molecule has 2 saturated heterocycles. The molecule has 1 N–H and O–H groups in total. The fraction of sp³-hybridized carbons (Fsp3) is 0.909. The van der Waals surface area contributed by atoms with Crippen molar-refractivity contribution < 1.29 is 9.53 Å². The van der Waals surface area contributed by atoms with E-state index in [4.69, 9.17) is 4.74 Å².